The zero-order valence-electron chi connectivity index (χ0n) is 18.5. The molecule has 2 aromatic carbocycles. The fourth-order valence-electron chi connectivity index (χ4n) is 4.61. The average molecular weight is 426 g/mol. The fraction of sp³-hybridized carbons (Fsp3) is 0.440. The molecule has 4 rings (SSSR count). The van der Waals surface area contributed by atoms with E-state index in [1.807, 2.05) is 38.1 Å². The van der Waals surface area contributed by atoms with Gasteiger partial charge in [-0.3, -0.25) is 4.72 Å². The Balaban J connectivity index is 1.68. The Hall–Kier alpha value is -2.27. The molecule has 0 saturated heterocycles. The molecule has 1 N–H and O–H groups in total. The van der Waals surface area contributed by atoms with Gasteiger partial charge in [0.1, 0.15) is 11.3 Å². The van der Waals surface area contributed by atoms with E-state index in [0.717, 1.165) is 53.5 Å². The molecule has 3 aromatic rings. The van der Waals surface area contributed by atoms with E-state index >= 15 is 0 Å². The fourth-order valence-corrected chi connectivity index (χ4v) is 5.89. The number of hydrogen-bond acceptors (Lipinski definition) is 3. The van der Waals surface area contributed by atoms with Gasteiger partial charge in [0.25, 0.3) is 10.0 Å². The number of rotatable bonds is 5. The van der Waals surface area contributed by atoms with Crippen LogP contribution in [0.1, 0.15) is 56.1 Å². The van der Waals surface area contributed by atoms with Crippen molar-refractivity contribution < 1.29 is 12.8 Å². The van der Waals surface area contributed by atoms with Crippen molar-refractivity contribution in [1.82, 2.24) is 0 Å². The van der Waals surface area contributed by atoms with Crippen molar-refractivity contribution >= 4 is 26.7 Å². The standard InChI is InChI=1S/C25H31NO3S/c1-6-25(4,5)18-8-10-22-20(14-18)21-15-19(9-11-23(21)29-22)26-30(27,28)24-12-7-16(2)13-17(24)3/h7,9,11-13,15,18,26H,6,8,10,14H2,1-5H3/t18-/m1/s1. The van der Waals surface area contributed by atoms with E-state index in [-0.39, 0.29) is 5.41 Å². The second-order valence-electron chi connectivity index (χ2n) is 9.37. The second-order valence-corrected chi connectivity index (χ2v) is 11.0. The summed E-state index contributed by atoms with van der Waals surface area (Å²) in [5, 5.41) is 1.03. The number of sulfonamides is 1. The summed E-state index contributed by atoms with van der Waals surface area (Å²) >= 11 is 0. The molecule has 0 amide bonds. The molecule has 160 valence electrons. The van der Waals surface area contributed by atoms with Crippen LogP contribution in [0.3, 0.4) is 0 Å². The molecule has 0 bridgehead atoms. The Morgan fingerprint density at radius 2 is 1.90 bits per heavy atom. The highest BCUT2D eigenvalue weighted by Gasteiger charge is 2.33. The van der Waals surface area contributed by atoms with Gasteiger partial charge >= 0.3 is 0 Å². The molecule has 5 heteroatoms. The van der Waals surface area contributed by atoms with Crippen molar-refractivity contribution in [3.8, 4) is 0 Å². The maximum atomic E-state index is 13.0. The molecule has 1 atom stereocenters. The van der Waals surface area contributed by atoms with Gasteiger partial charge in [-0.25, -0.2) is 8.42 Å². The van der Waals surface area contributed by atoms with E-state index in [1.54, 1.807) is 12.1 Å². The lowest BCUT2D eigenvalue weighted by Gasteiger charge is -2.36. The maximum Gasteiger partial charge on any atom is 0.262 e. The van der Waals surface area contributed by atoms with Crippen molar-refractivity contribution in [2.75, 3.05) is 4.72 Å². The summed E-state index contributed by atoms with van der Waals surface area (Å²) in [5.74, 6) is 1.66. The van der Waals surface area contributed by atoms with E-state index in [2.05, 4.69) is 25.5 Å². The van der Waals surface area contributed by atoms with Gasteiger partial charge in [0.2, 0.25) is 0 Å². The molecular formula is C25H31NO3S. The van der Waals surface area contributed by atoms with Crippen LogP contribution in [0, 0.1) is 25.2 Å². The maximum absolute atomic E-state index is 13.0. The van der Waals surface area contributed by atoms with Gasteiger partial charge in [0, 0.05) is 23.1 Å². The number of nitrogens with one attached hydrogen (secondary N) is 1. The molecule has 0 radical (unpaired) electrons. The van der Waals surface area contributed by atoms with Crippen LogP contribution in [0.15, 0.2) is 45.7 Å². The summed E-state index contributed by atoms with van der Waals surface area (Å²) in [6.07, 6.45) is 4.21. The van der Waals surface area contributed by atoms with Crippen LogP contribution in [0.2, 0.25) is 0 Å². The van der Waals surface area contributed by atoms with Crippen LogP contribution in [-0.2, 0) is 22.9 Å². The molecule has 0 aliphatic heterocycles. The number of furan rings is 1. The molecule has 0 fully saturated rings. The molecule has 1 heterocycles. The Morgan fingerprint density at radius 1 is 1.13 bits per heavy atom. The van der Waals surface area contributed by atoms with Gasteiger partial charge in [0.05, 0.1) is 4.90 Å². The zero-order valence-corrected chi connectivity index (χ0v) is 19.3. The van der Waals surface area contributed by atoms with E-state index < -0.39 is 10.0 Å². The smallest absolute Gasteiger partial charge is 0.262 e. The minimum atomic E-state index is -3.65. The normalized spacial score (nSPS) is 17.2. The van der Waals surface area contributed by atoms with Crippen molar-refractivity contribution in [3.05, 3.63) is 58.8 Å². The summed E-state index contributed by atoms with van der Waals surface area (Å²) in [4.78, 5) is 0.312. The van der Waals surface area contributed by atoms with Crippen LogP contribution in [-0.4, -0.2) is 8.42 Å². The number of fused-ring (bicyclic) bond motifs is 3. The molecule has 1 aromatic heterocycles. The molecule has 0 unspecified atom stereocenters. The predicted molar refractivity (Wildman–Crippen MR) is 123 cm³/mol. The third-order valence-corrected chi connectivity index (χ3v) is 8.47. The molecule has 0 spiro atoms. The van der Waals surface area contributed by atoms with Gasteiger partial charge < -0.3 is 4.42 Å². The van der Waals surface area contributed by atoms with Crippen molar-refractivity contribution in [3.63, 3.8) is 0 Å². The summed E-state index contributed by atoms with van der Waals surface area (Å²) in [6, 6.07) is 11.0. The third-order valence-electron chi connectivity index (χ3n) is 6.93. The van der Waals surface area contributed by atoms with Crippen molar-refractivity contribution in [1.29, 1.82) is 0 Å². The molecule has 4 nitrogen and oxygen atoms in total. The Labute approximate surface area is 179 Å². The largest absolute Gasteiger partial charge is 0.461 e. The molecule has 1 aliphatic rings. The quantitative estimate of drug-likeness (QED) is 0.515. The molecular weight excluding hydrogens is 394 g/mol. The minimum absolute atomic E-state index is 0.281. The minimum Gasteiger partial charge on any atom is -0.461 e. The number of benzene rings is 2. The molecule has 1 aliphatic carbocycles. The summed E-state index contributed by atoms with van der Waals surface area (Å²) < 4.78 is 34.8. The SMILES string of the molecule is CCC(C)(C)[C@@H]1CCc2oc3ccc(NS(=O)(=O)c4ccc(C)cc4C)cc3c2C1. The average Bonchev–Trinajstić information content (AvgIpc) is 3.04. The summed E-state index contributed by atoms with van der Waals surface area (Å²) in [6.45, 7) is 10.7. The number of anilines is 1. The van der Waals surface area contributed by atoms with E-state index in [1.165, 1.54) is 5.56 Å². The monoisotopic (exact) mass is 425 g/mol. The lowest BCUT2D eigenvalue weighted by Crippen LogP contribution is -2.28. The Morgan fingerprint density at radius 3 is 2.60 bits per heavy atom. The van der Waals surface area contributed by atoms with Crippen molar-refractivity contribution in [2.24, 2.45) is 11.3 Å². The van der Waals surface area contributed by atoms with Crippen LogP contribution in [0.25, 0.3) is 11.0 Å². The summed E-state index contributed by atoms with van der Waals surface area (Å²) in [7, 11) is -3.65. The first-order chi connectivity index (χ1) is 14.1. The highest BCUT2D eigenvalue weighted by molar-refractivity contribution is 7.92. The van der Waals surface area contributed by atoms with E-state index in [9.17, 15) is 8.42 Å². The number of aryl methyl sites for hydroxylation is 3. The van der Waals surface area contributed by atoms with E-state index in [0.29, 0.717) is 16.5 Å². The van der Waals surface area contributed by atoms with E-state index in [4.69, 9.17) is 4.42 Å². The topological polar surface area (TPSA) is 59.3 Å². The van der Waals surface area contributed by atoms with Crippen LogP contribution in [0.5, 0.6) is 0 Å². The van der Waals surface area contributed by atoms with Crippen LogP contribution in [0.4, 0.5) is 5.69 Å². The first-order valence-electron chi connectivity index (χ1n) is 10.7. The first-order valence-corrected chi connectivity index (χ1v) is 12.2. The molecule has 30 heavy (non-hydrogen) atoms. The highest BCUT2D eigenvalue weighted by Crippen LogP contribution is 2.43. The van der Waals surface area contributed by atoms with Crippen molar-refractivity contribution in [2.45, 2.75) is 65.2 Å². The van der Waals surface area contributed by atoms with Gasteiger partial charge in [0.15, 0.2) is 0 Å². The zero-order chi connectivity index (χ0) is 21.7. The lowest BCUT2D eigenvalue weighted by atomic mass is 9.69. The first kappa shape index (κ1) is 21.0. The summed E-state index contributed by atoms with van der Waals surface area (Å²) in [5.41, 5.74) is 4.72. The van der Waals surface area contributed by atoms with Crippen LogP contribution >= 0.6 is 0 Å². The van der Waals surface area contributed by atoms with Gasteiger partial charge in [-0.15, -0.1) is 0 Å². The second kappa shape index (κ2) is 7.45. The lowest BCUT2D eigenvalue weighted by molar-refractivity contribution is 0.179. The molecule has 0 saturated carbocycles. The Bertz CT molecular complexity index is 1200. The third kappa shape index (κ3) is 3.76. The van der Waals surface area contributed by atoms with Gasteiger partial charge in [-0.1, -0.05) is 44.9 Å². The van der Waals surface area contributed by atoms with Gasteiger partial charge in [-0.2, -0.15) is 0 Å². The highest BCUT2D eigenvalue weighted by atomic mass is 32.2. The number of hydrogen-bond donors (Lipinski definition) is 1. The van der Waals surface area contributed by atoms with Crippen LogP contribution < -0.4 is 4.72 Å². The Kier molecular flexibility index (Phi) is 5.21. The van der Waals surface area contributed by atoms with Gasteiger partial charge in [-0.05, 0) is 67.9 Å². The predicted octanol–water partition coefficient (Wildman–Crippen LogP) is 6.39.